The Bertz CT molecular complexity index is 797. The third-order valence-corrected chi connectivity index (χ3v) is 4.86. The van der Waals surface area contributed by atoms with Crippen LogP contribution in [0.4, 0.5) is 10.8 Å². The number of halogens is 2. The van der Waals surface area contributed by atoms with Crippen LogP contribution in [0.15, 0.2) is 23.0 Å². The minimum atomic E-state index is -1.17. The number of nitrogens with one attached hydrogen (secondary N) is 1. The summed E-state index contributed by atoms with van der Waals surface area (Å²) in [6, 6.07) is 5.56. The molecule has 0 aliphatic carbocycles. The summed E-state index contributed by atoms with van der Waals surface area (Å²) < 4.78 is 0.808. The Hall–Kier alpha value is -1.37. The van der Waals surface area contributed by atoms with E-state index in [0.717, 1.165) is 4.70 Å². The van der Waals surface area contributed by atoms with E-state index in [4.69, 9.17) is 23.2 Å². The van der Waals surface area contributed by atoms with Gasteiger partial charge in [-0.1, -0.05) is 34.5 Å². The van der Waals surface area contributed by atoms with Crippen LogP contribution >= 0.6 is 34.5 Å². The second kappa shape index (κ2) is 7.68. The molecule has 1 amide bonds. The van der Waals surface area contributed by atoms with Gasteiger partial charge in [0.2, 0.25) is 0 Å². The van der Waals surface area contributed by atoms with Gasteiger partial charge in [-0.05, 0) is 45.9 Å². The molecule has 0 spiro atoms. The smallest absolute Gasteiger partial charge is 0.281 e. The molecule has 8 heteroatoms. The molecular formula is C16H19Cl2N3O2S. The summed E-state index contributed by atoms with van der Waals surface area (Å²) in [5.41, 5.74) is 0.136. The van der Waals surface area contributed by atoms with Crippen LogP contribution in [0.1, 0.15) is 27.7 Å². The lowest BCUT2D eigenvalue weighted by atomic mass is 10.2. The number of benzene rings is 1. The lowest BCUT2D eigenvalue weighted by Crippen LogP contribution is -2.38. The molecule has 1 aromatic heterocycles. The van der Waals surface area contributed by atoms with Gasteiger partial charge in [0, 0.05) is 22.5 Å². The third-order valence-electron chi connectivity index (χ3n) is 3.41. The summed E-state index contributed by atoms with van der Waals surface area (Å²) in [6.07, 6.45) is 0. The molecule has 0 fully saturated rings. The van der Waals surface area contributed by atoms with Crippen LogP contribution < -0.4 is 15.8 Å². The Labute approximate surface area is 154 Å². The average Bonchev–Trinajstić information content (AvgIpc) is 2.47. The molecule has 130 valence electrons. The van der Waals surface area contributed by atoms with Crippen LogP contribution in [0.2, 0.25) is 0 Å². The Morgan fingerprint density at radius 1 is 1.21 bits per heavy atom. The highest BCUT2D eigenvalue weighted by atomic mass is 35.5. The molecule has 0 saturated heterocycles. The number of carbonyl (C=O) groups excluding carboxylic acids is 1. The van der Waals surface area contributed by atoms with Gasteiger partial charge in [-0.2, -0.15) is 4.98 Å². The standard InChI is InChI=1S/C16H19Cl2N3O2S/c1-8(2)21(9(3)4)16-20-14(22)11-7-10(5-6-12(11)24-16)19-15(23)13(17)18/h5-9,13H,1-4H3,(H,19,23). The van der Waals surface area contributed by atoms with E-state index in [0.29, 0.717) is 16.2 Å². The summed E-state index contributed by atoms with van der Waals surface area (Å²) >= 11 is 12.5. The van der Waals surface area contributed by atoms with Crippen molar-refractivity contribution in [3.05, 3.63) is 28.6 Å². The van der Waals surface area contributed by atoms with Gasteiger partial charge in [-0.3, -0.25) is 9.59 Å². The van der Waals surface area contributed by atoms with E-state index < -0.39 is 10.7 Å². The Kier molecular flexibility index (Phi) is 6.06. The molecule has 0 atom stereocenters. The third kappa shape index (κ3) is 4.18. The Balaban J connectivity index is 2.46. The maximum Gasteiger partial charge on any atom is 0.281 e. The highest BCUT2D eigenvalue weighted by molar-refractivity contribution is 7.21. The molecule has 0 radical (unpaired) electrons. The normalized spacial score (nSPS) is 11.5. The molecule has 1 heterocycles. The van der Waals surface area contributed by atoms with Crippen LogP contribution in [0, 0.1) is 0 Å². The minimum Gasteiger partial charge on any atom is -0.343 e. The molecule has 2 aromatic rings. The van der Waals surface area contributed by atoms with E-state index in [2.05, 4.69) is 42.9 Å². The molecule has 0 bridgehead atoms. The number of anilines is 2. The monoisotopic (exact) mass is 387 g/mol. The maximum absolute atomic E-state index is 12.4. The fourth-order valence-electron chi connectivity index (χ4n) is 2.48. The number of carbonyl (C=O) groups is 1. The van der Waals surface area contributed by atoms with E-state index in [-0.39, 0.29) is 17.6 Å². The van der Waals surface area contributed by atoms with Gasteiger partial charge >= 0.3 is 0 Å². The SMILES string of the molecule is CC(C)N(c1nc(=O)c2cc(NC(=O)C(Cl)Cl)ccc2s1)C(C)C. The lowest BCUT2D eigenvalue weighted by Gasteiger charge is -2.31. The summed E-state index contributed by atoms with van der Waals surface area (Å²) in [7, 11) is 0. The lowest BCUT2D eigenvalue weighted by molar-refractivity contribution is -0.114. The van der Waals surface area contributed by atoms with Crippen molar-refractivity contribution in [1.82, 2.24) is 4.98 Å². The number of nitrogens with zero attached hydrogens (tertiary/aromatic N) is 2. The van der Waals surface area contributed by atoms with Gasteiger partial charge in [0.05, 0.1) is 5.39 Å². The summed E-state index contributed by atoms with van der Waals surface area (Å²) in [6.45, 7) is 8.26. The molecule has 0 saturated carbocycles. The second-order valence-electron chi connectivity index (χ2n) is 5.90. The predicted molar refractivity (Wildman–Crippen MR) is 103 cm³/mol. The van der Waals surface area contributed by atoms with Crippen LogP contribution in [-0.4, -0.2) is 27.8 Å². The molecule has 5 nitrogen and oxygen atoms in total. The second-order valence-corrected chi connectivity index (χ2v) is 8.00. The van der Waals surface area contributed by atoms with Crippen molar-refractivity contribution in [3.63, 3.8) is 0 Å². The van der Waals surface area contributed by atoms with Crippen LogP contribution in [0.3, 0.4) is 0 Å². The topological polar surface area (TPSA) is 62.3 Å². The summed E-state index contributed by atoms with van der Waals surface area (Å²) in [5.74, 6) is -0.538. The maximum atomic E-state index is 12.4. The van der Waals surface area contributed by atoms with Gasteiger partial charge in [-0.15, -0.1) is 0 Å². The van der Waals surface area contributed by atoms with E-state index in [1.165, 1.54) is 11.3 Å². The largest absolute Gasteiger partial charge is 0.343 e. The summed E-state index contributed by atoms with van der Waals surface area (Å²) in [4.78, 5) is 29.1. The quantitative estimate of drug-likeness (QED) is 0.786. The van der Waals surface area contributed by atoms with E-state index in [1.54, 1.807) is 18.2 Å². The first-order valence-corrected chi connectivity index (χ1v) is 9.22. The van der Waals surface area contributed by atoms with Crippen molar-refractivity contribution < 1.29 is 4.79 Å². The first kappa shape index (κ1) is 19.0. The van der Waals surface area contributed by atoms with Crippen molar-refractivity contribution in [1.29, 1.82) is 0 Å². The van der Waals surface area contributed by atoms with Crippen molar-refractivity contribution in [2.45, 2.75) is 44.6 Å². The van der Waals surface area contributed by atoms with Crippen molar-refractivity contribution in [3.8, 4) is 0 Å². The van der Waals surface area contributed by atoms with Crippen molar-refractivity contribution in [2.24, 2.45) is 0 Å². The van der Waals surface area contributed by atoms with Crippen molar-refractivity contribution >= 4 is 61.4 Å². The van der Waals surface area contributed by atoms with E-state index in [9.17, 15) is 9.59 Å². The molecular weight excluding hydrogens is 369 g/mol. The zero-order chi connectivity index (χ0) is 18.0. The Morgan fingerprint density at radius 2 is 1.83 bits per heavy atom. The van der Waals surface area contributed by atoms with Crippen LogP contribution in [0.25, 0.3) is 10.1 Å². The van der Waals surface area contributed by atoms with Gasteiger partial charge in [0.1, 0.15) is 0 Å². The predicted octanol–water partition coefficient (Wildman–Crippen LogP) is 4.02. The highest BCUT2D eigenvalue weighted by Crippen LogP contribution is 2.28. The van der Waals surface area contributed by atoms with E-state index in [1.807, 2.05) is 0 Å². The van der Waals surface area contributed by atoms with Crippen LogP contribution in [0.5, 0.6) is 0 Å². The van der Waals surface area contributed by atoms with Gasteiger partial charge in [0.15, 0.2) is 9.97 Å². The van der Waals surface area contributed by atoms with Gasteiger partial charge in [0.25, 0.3) is 11.5 Å². The first-order chi connectivity index (χ1) is 11.2. The van der Waals surface area contributed by atoms with E-state index >= 15 is 0 Å². The molecule has 0 unspecified atom stereocenters. The first-order valence-electron chi connectivity index (χ1n) is 7.53. The highest BCUT2D eigenvalue weighted by Gasteiger charge is 2.18. The fourth-order valence-corrected chi connectivity index (χ4v) is 3.83. The number of hydrogen-bond donors (Lipinski definition) is 1. The molecule has 24 heavy (non-hydrogen) atoms. The molecule has 1 aromatic carbocycles. The number of amides is 1. The zero-order valence-corrected chi connectivity index (χ0v) is 16.2. The Morgan fingerprint density at radius 3 is 2.38 bits per heavy atom. The number of hydrogen-bond acceptors (Lipinski definition) is 5. The number of fused-ring (bicyclic) bond motifs is 1. The van der Waals surface area contributed by atoms with Gasteiger partial charge < -0.3 is 10.2 Å². The fraction of sp³-hybridized carbons (Fsp3) is 0.438. The number of rotatable bonds is 5. The van der Waals surface area contributed by atoms with Crippen LogP contribution in [-0.2, 0) is 4.79 Å². The van der Waals surface area contributed by atoms with Crippen molar-refractivity contribution in [2.75, 3.05) is 10.2 Å². The minimum absolute atomic E-state index is 0.230. The van der Waals surface area contributed by atoms with Gasteiger partial charge in [-0.25, -0.2) is 0 Å². The summed E-state index contributed by atoms with van der Waals surface area (Å²) in [5, 5.41) is 3.70. The molecule has 2 rings (SSSR count). The average molecular weight is 388 g/mol. The number of aromatic nitrogens is 1. The number of alkyl halides is 2. The zero-order valence-electron chi connectivity index (χ0n) is 13.8. The molecule has 0 aliphatic rings. The molecule has 0 aliphatic heterocycles. The molecule has 1 N–H and O–H groups in total.